The monoisotopic (exact) mass is 385 g/mol. The van der Waals surface area contributed by atoms with Crippen molar-refractivity contribution in [3.8, 4) is 0 Å². The first-order valence-corrected chi connectivity index (χ1v) is 9.72. The van der Waals surface area contributed by atoms with Gasteiger partial charge in [-0.15, -0.1) is 11.8 Å². The molecule has 0 heterocycles. The van der Waals surface area contributed by atoms with Crippen LogP contribution in [-0.2, 0) is 5.75 Å². The molecule has 0 fully saturated rings. The Morgan fingerprint density at radius 1 is 0.962 bits per heavy atom. The van der Waals surface area contributed by atoms with E-state index >= 15 is 0 Å². The molecule has 26 heavy (non-hydrogen) atoms. The minimum Gasteiger partial charge on any atom is -0.258 e. The molecule has 0 aliphatic carbocycles. The van der Waals surface area contributed by atoms with Gasteiger partial charge in [0.2, 0.25) is 0 Å². The molecule has 0 spiro atoms. The fourth-order valence-electron chi connectivity index (χ4n) is 2.31. The molecule has 3 aromatic carbocycles. The fourth-order valence-corrected chi connectivity index (χ4v) is 4.05. The van der Waals surface area contributed by atoms with Gasteiger partial charge in [-0.3, -0.25) is 10.1 Å². The Bertz CT molecular complexity index is 912. The SMILES string of the molecule is Cc1ccc(Sc2ccc(CSc3ccc(F)cc3)cc2[N+](=O)[O-])cc1. The van der Waals surface area contributed by atoms with Crippen molar-refractivity contribution in [2.45, 2.75) is 27.4 Å². The summed E-state index contributed by atoms with van der Waals surface area (Å²) >= 11 is 2.90. The Morgan fingerprint density at radius 3 is 2.27 bits per heavy atom. The first-order valence-electron chi connectivity index (χ1n) is 7.91. The summed E-state index contributed by atoms with van der Waals surface area (Å²) in [5, 5.41) is 11.5. The maximum atomic E-state index is 13.0. The summed E-state index contributed by atoms with van der Waals surface area (Å²) in [6.45, 7) is 2.00. The smallest absolute Gasteiger partial charge is 0.258 e. The third kappa shape index (κ3) is 4.86. The second-order valence-electron chi connectivity index (χ2n) is 5.72. The van der Waals surface area contributed by atoms with Crippen molar-refractivity contribution in [2.24, 2.45) is 0 Å². The summed E-state index contributed by atoms with van der Waals surface area (Å²) in [4.78, 5) is 13.6. The van der Waals surface area contributed by atoms with Crippen molar-refractivity contribution in [3.63, 3.8) is 0 Å². The number of benzene rings is 3. The van der Waals surface area contributed by atoms with E-state index in [1.807, 2.05) is 37.3 Å². The highest BCUT2D eigenvalue weighted by Crippen LogP contribution is 2.36. The molecule has 0 saturated heterocycles. The van der Waals surface area contributed by atoms with Gasteiger partial charge in [0.25, 0.3) is 5.69 Å². The zero-order valence-corrected chi connectivity index (χ0v) is 15.6. The Hall–Kier alpha value is -2.31. The molecule has 0 bridgehead atoms. The van der Waals surface area contributed by atoms with Gasteiger partial charge in [-0.2, -0.15) is 0 Å². The van der Waals surface area contributed by atoms with Gasteiger partial charge >= 0.3 is 0 Å². The minimum absolute atomic E-state index is 0.104. The third-order valence-corrected chi connectivity index (χ3v) is 5.84. The predicted octanol–water partition coefficient (Wildman–Crippen LogP) is 6.49. The van der Waals surface area contributed by atoms with Crippen LogP contribution in [0.5, 0.6) is 0 Å². The van der Waals surface area contributed by atoms with E-state index < -0.39 is 0 Å². The van der Waals surface area contributed by atoms with Crippen molar-refractivity contribution >= 4 is 29.2 Å². The Balaban J connectivity index is 1.76. The lowest BCUT2D eigenvalue weighted by Gasteiger charge is -2.07. The number of nitro benzene ring substituents is 1. The van der Waals surface area contributed by atoms with Crippen LogP contribution in [0.1, 0.15) is 11.1 Å². The van der Waals surface area contributed by atoms with Crippen molar-refractivity contribution in [1.82, 2.24) is 0 Å². The van der Waals surface area contributed by atoms with Crippen molar-refractivity contribution in [2.75, 3.05) is 0 Å². The maximum absolute atomic E-state index is 13.0. The molecule has 3 rings (SSSR count). The number of hydrogen-bond acceptors (Lipinski definition) is 4. The topological polar surface area (TPSA) is 43.1 Å². The molecule has 0 aliphatic rings. The van der Waals surface area contributed by atoms with E-state index in [2.05, 4.69) is 0 Å². The molecule has 6 heteroatoms. The van der Waals surface area contributed by atoms with Crippen molar-refractivity contribution in [3.05, 3.63) is 93.8 Å². The molecular weight excluding hydrogens is 369 g/mol. The van der Waals surface area contributed by atoms with Crippen molar-refractivity contribution in [1.29, 1.82) is 0 Å². The zero-order valence-electron chi connectivity index (χ0n) is 14.0. The minimum atomic E-state index is -0.345. The van der Waals surface area contributed by atoms with Crippen LogP contribution in [0.4, 0.5) is 10.1 Å². The Kier molecular flexibility index (Phi) is 5.96. The van der Waals surface area contributed by atoms with Gasteiger partial charge in [-0.05, 0) is 55.0 Å². The summed E-state index contributed by atoms with van der Waals surface area (Å²) in [7, 11) is 0. The van der Waals surface area contributed by atoms with Gasteiger partial charge in [0.05, 0.1) is 9.82 Å². The standard InChI is InChI=1S/C20H16FNO2S2/c1-14-2-7-18(8-3-14)26-20-11-4-15(12-19(20)22(23)24)13-25-17-9-5-16(21)6-10-17/h2-12H,13H2,1H3. The van der Waals surface area contributed by atoms with Crippen LogP contribution in [0.3, 0.4) is 0 Å². The molecule has 3 nitrogen and oxygen atoms in total. The van der Waals surface area contributed by atoms with Gasteiger partial charge in [0.1, 0.15) is 5.82 Å². The van der Waals surface area contributed by atoms with Crippen molar-refractivity contribution < 1.29 is 9.31 Å². The van der Waals surface area contributed by atoms with Crippen LogP contribution in [-0.4, -0.2) is 4.92 Å². The summed E-state index contributed by atoms with van der Waals surface area (Å²) in [6, 6.07) is 19.4. The van der Waals surface area contributed by atoms with E-state index in [1.165, 1.54) is 35.7 Å². The van der Waals surface area contributed by atoms with Crippen LogP contribution in [0.25, 0.3) is 0 Å². The molecule has 0 aliphatic heterocycles. The average Bonchev–Trinajstić information content (AvgIpc) is 2.64. The molecule has 0 saturated carbocycles. The zero-order chi connectivity index (χ0) is 18.5. The number of aryl methyl sites for hydroxylation is 1. The summed E-state index contributed by atoms with van der Waals surface area (Å²) in [5.41, 5.74) is 2.11. The second-order valence-corrected chi connectivity index (χ2v) is 7.88. The van der Waals surface area contributed by atoms with Gasteiger partial charge in [-0.1, -0.05) is 35.5 Å². The van der Waals surface area contributed by atoms with Gasteiger partial charge in [-0.25, -0.2) is 4.39 Å². The second kappa shape index (κ2) is 8.38. The lowest BCUT2D eigenvalue weighted by molar-refractivity contribution is -0.387. The molecule has 0 N–H and O–H groups in total. The number of nitrogens with zero attached hydrogens (tertiary/aromatic N) is 1. The number of thioether (sulfide) groups is 1. The van der Waals surface area contributed by atoms with Crippen LogP contribution >= 0.6 is 23.5 Å². The van der Waals surface area contributed by atoms with Gasteiger partial charge in [0, 0.05) is 21.6 Å². The van der Waals surface area contributed by atoms with Gasteiger partial charge < -0.3 is 0 Å². The lowest BCUT2D eigenvalue weighted by atomic mass is 10.2. The van der Waals surface area contributed by atoms with Crippen LogP contribution < -0.4 is 0 Å². The first-order chi connectivity index (χ1) is 12.5. The number of nitro groups is 1. The van der Waals surface area contributed by atoms with E-state index in [1.54, 1.807) is 24.3 Å². The van der Waals surface area contributed by atoms with E-state index in [0.717, 1.165) is 20.9 Å². The average molecular weight is 385 g/mol. The lowest BCUT2D eigenvalue weighted by Crippen LogP contribution is -1.93. The largest absolute Gasteiger partial charge is 0.283 e. The van der Waals surface area contributed by atoms with Crippen LogP contribution in [0.15, 0.2) is 81.4 Å². The van der Waals surface area contributed by atoms with E-state index in [9.17, 15) is 14.5 Å². The summed E-state index contributed by atoms with van der Waals surface area (Å²) in [6.07, 6.45) is 0. The molecule has 0 atom stereocenters. The number of halogens is 1. The number of hydrogen-bond donors (Lipinski definition) is 0. The predicted molar refractivity (Wildman–Crippen MR) is 104 cm³/mol. The first kappa shape index (κ1) is 18.5. The van der Waals surface area contributed by atoms with E-state index in [-0.39, 0.29) is 16.4 Å². The molecule has 3 aromatic rings. The number of rotatable bonds is 6. The highest BCUT2D eigenvalue weighted by molar-refractivity contribution is 7.99. The molecule has 0 amide bonds. The maximum Gasteiger partial charge on any atom is 0.283 e. The third-order valence-electron chi connectivity index (χ3n) is 3.69. The summed E-state index contributed by atoms with van der Waals surface area (Å²) < 4.78 is 13.0. The van der Waals surface area contributed by atoms with Crippen LogP contribution in [0, 0.1) is 22.9 Å². The molecular formula is C20H16FNO2S2. The highest BCUT2D eigenvalue weighted by atomic mass is 32.2. The van der Waals surface area contributed by atoms with E-state index in [0.29, 0.717) is 10.6 Å². The fraction of sp³-hybridized carbons (Fsp3) is 0.100. The molecule has 0 aromatic heterocycles. The summed E-state index contributed by atoms with van der Waals surface area (Å²) in [5.74, 6) is 0.310. The van der Waals surface area contributed by atoms with Gasteiger partial charge in [0.15, 0.2) is 0 Å². The molecule has 0 radical (unpaired) electrons. The Labute approximate surface area is 159 Å². The highest BCUT2D eigenvalue weighted by Gasteiger charge is 2.16. The normalized spacial score (nSPS) is 10.7. The molecule has 0 unspecified atom stereocenters. The Morgan fingerprint density at radius 2 is 1.62 bits per heavy atom. The van der Waals surface area contributed by atoms with Crippen LogP contribution in [0.2, 0.25) is 0 Å². The molecule has 132 valence electrons. The van der Waals surface area contributed by atoms with E-state index in [4.69, 9.17) is 0 Å². The quantitative estimate of drug-likeness (QED) is 0.276.